The molecule has 3 heterocycles. The van der Waals surface area contributed by atoms with Gasteiger partial charge in [-0.05, 0) is 36.6 Å². The smallest absolute Gasteiger partial charge is 0.117 e. The molecule has 0 aromatic carbocycles. The maximum Gasteiger partial charge on any atom is 0.117 e. The van der Waals surface area contributed by atoms with Gasteiger partial charge in [-0.2, -0.15) is 0 Å². The number of pyridine rings is 1. The van der Waals surface area contributed by atoms with E-state index in [1.165, 1.54) is 0 Å². The Hall–Kier alpha value is -1.69. The summed E-state index contributed by atoms with van der Waals surface area (Å²) in [6.07, 6.45) is 7.87. The highest BCUT2D eigenvalue weighted by Crippen LogP contribution is 2.33. The number of furan rings is 1. The first-order valence-electron chi connectivity index (χ1n) is 8.29. The number of hydrogen-bond acceptors (Lipinski definition) is 5. The van der Waals surface area contributed by atoms with E-state index >= 15 is 0 Å². The lowest BCUT2D eigenvalue weighted by atomic mass is 10.1. The number of fused-ring (bicyclic) bond motifs is 1. The second-order valence-corrected chi connectivity index (χ2v) is 6.24. The third-order valence-corrected chi connectivity index (χ3v) is 4.78. The molecule has 0 bridgehead atoms. The van der Waals surface area contributed by atoms with Gasteiger partial charge in [0, 0.05) is 25.0 Å². The topological polar surface area (TPSA) is 47.7 Å². The van der Waals surface area contributed by atoms with Crippen LogP contribution in [0.2, 0.25) is 0 Å². The molecule has 122 valence electrons. The summed E-state index contributed by atoms with van der Waals surface area (Å²) in [5, 5.41) is 0. The van der Waals surface area contributed by atoms with Crippen LogP contribution in [0.3, 0.4) is 0 Å². The van der Waals surface area contributed by atoms with Gasteiger partial charge < -0.3 is 13.9 Å². The number of morpholine rings is 1. The Kier molecular flexibility index (Phi) is 4.41. The lowest BCUT2D eigenvalue weighted by molar-refractivity contribution is -0.119. The average molecular weight is 314 g/mol. The molecule has 0 amide bonds. The highest BCUT2D eigenvalue weighted by Gasteiger charge is 2.43. The Morgan fingerprint density at radius 1 is 1.26 bits per heavy atom. The van der Waals surface area contributed by atoms with Crippen molar-refractivity contribution in [1.29, 1.82) is 0 Å². The van der Waals surface area contributed by atoms with Crippen molar-refractivity contribution in [2.75, 3.05) is 13.2 Å². The van der Waals surface area contributed by atoms with E-state index in [1.807, 2.05) is 30.5 Å². The van der Waals surface area contributed by atoms with Crippen molar-refractivity contribution >= 4 is 0 Å². The molecule has 23 heavy (non-hydrogen) atoms. The molecule has 4 rings (SSSR count). The van der Waals surface area contributed by atoms with Crippen LogP contribution in [0.25, 0.3) is 0 Å². The summed E-state index contributed by atoms with van der Waals surface area (Å²) < 4.78 is 17.7. The van der Waals surface area contributed by atoms with Crippen LogP contribution in [0.5, 0.6) is 0 Å². The molecule has 5 heteroatoms. The number of ether oxygens (including phenoxy) is 2. The second-order valence-electron chi connectivity index (χ2n) is 6.24. The van der Waals surface area contributed by atoms with E-state index in [4.69, 9.17) is 13.9 Å². The number of rotatable bonds is 5. The molecule has 1 aliphatic carbocycles. The lowest BCUT2D eigenvalue weighted by Gasteiger charge is -2.38. The van der Waals surface area contributed by atoms with Crippen molar-refractivity contribution in [3.63, 3.8) is 0 Å². The van der Waals surface area contributed by atoms with Gasteiger partial charge in [0.25, 0.3) is 0 Å². The SMILES string of the molecule is c1cncc(CO[C@@H]2CC[C@@H]3[C@H]2OCCN3Cc2ccco2)c1. The zero-order valence-electron chi connectivity index (χ0n) is 13.1. The fourth-order valence-electron chi connectivity index (χ4n) is 3.66. The van der Waals surface area contributed by atoms with E-state index in [9.17, 15) is 0 Å². The van der Waals surface area contributed by atoms with Gasteiger partial charge in [0.2, 0.25) is 0 Å². The van der Waals surface area contributed by atoms with Crippen molar-refractivity contribution in [2.45, 2.75) is 44.2 Å². The second kappa shape index (κ2) is 6.83. The Bertz CT molecular complexity index is 602. The van der Waals surface area contributed by atoms with E-state index in [0.29, 0.717) is 12.6 Å². The molecule has 0 unspecified atom stereocenters. The van der Waals surface area contributed by atoms with Gasteiger partial charge in [0.1, 0.15) is 5.76 Å². The molecule has 2 aromatic heterocycles. The third kappa shape index (κ3) is 3.32. The fraction of sp³-hybridized carbons (Fsp3) is 0.500. The van der Waals surface area contributed by atoms with Crippen LogP contribution in [-0.2, 0) is 22.6 Å². The highest BCUT2D eigenvalue weighted by molar-refractivity contribution is 5.07. The highest BCUT2D eigenvalue weighted by atomic mass is 16.5. The Balaban J connectivity index is 1.37. The molecule has 2 fully saturated rings. The van der Waals surface area contributed by atoms with Gasteiger partial charge in [-0.3, -0.25) is 9.88 Å². The Morgan fingerprint density at radius 3 is 3.09 bits per heavy atom. The first-order chi connectivity index (χ1) is 11.4. The minimum Gasteiger partial charge on any atom is -0.468 e. The molecule has 1 saturated heterocycles. The molecule has 0 spiro atoms. The maximum atomic E-state index is 6.13. The summed E-state index contributed by atoms with van der Waals surface area (Å²) in [7, 11) is 0. The van der Waals surface area contributed by atoms with Crippen LogP contribution < -0.4 is 0 Å². The number of nitrogens with zero attached hydrogens (tertiary/aromatic N) is 2. The molecular formula is C18H22N2O3. The van der Waals surface area contributed by atoms with Gasteiger partial charge in [0.05, 0.1) is 38.2 Å². The first kappa shape index (κ1) is 14.9. The van der Waals surface area contributed by atoms with Crippen LogP contribution in [0, 0.1) is 0 Å². The van der Waals surface area contributed by atoms with E-state index in [2.05, 4.69) is 9.88 Å². The largest absolute Gasteiger partial charge is 0.468 e. The summed E-state index contributed by atoms with van der Waals surface area (Å²) in [4.78, 5) is 6.61. The predicted octanol–water partition coefficient (Wildman–Crippen LogP) is 2.62. The zero-order valence-corrected chi connectivity index (χ0v) is 13.1. The summed E-state index contributed by atoms with van der Waals surface area (Å²) in [5.74, 6) is 1.02. The number of hydrogen-bond donors (Lipinski definition) is 0. The van der Waals surface area contributed by atoms with Crippen molar-refractivity contribution in [3.05, 3.63) is 54.2 Å². The summed E-state index contributed by atoms with van der Waals surface area (Å²) >= 11 is 0. The van der Waals surface area contributed by atoms with Crippen molar-refractivity contribution in [2.24, 2.45) is 0 Å². The minimum absolute atomic E-state index is 0.162. The lowest BCUT2D eigenvalue weighted by Crippen LogP contribution is -2.51. The quantitative estimate of drug-likeness (QED) is 0.849. The van der Waals surface area contributed by atoms with E-state index in [-0.39, 0.29) is 12.2 Å². The van der Waals surface area contributed by atoms with E-state index in [1.54, 1.807) is 12.5 Å². The first-order valence-corrected chi connectivity index (χ1v) is 8.29. The molecule has 2 aromatic rings. The number of aromatic nitrogens is 1. The Labute approximate surface area is 136 Å². The van der Waals surface area contributed by atoms with Gasteiger partial charge in [-0.15, -0.1) is 0 Å². The summed E-state index contributed by atoms with van der Waals surface area (Å²) in [6.45, 7) is 3.17. The van der Waals surface area contributed by atoms with Crippen molar-refractivity contribution in [1.82, 2.24) is 9.88 Å². The molecule has 0 radical (unpaired) electrons. The van der Waals surface area contributed by atoms with Gasteiger partial charge in [0.15, 0.2) is 0 Å². The van der Waals surface area contributed by atoms with Gasteiger partial charge in [-0.1, -0.05) is 6.07 Å². The molecule has 3 atom stereocenters. The van der Waals surface area contributed by atoms with E-state index in [0.717, 1.165) is 43.9 Å². The molecule has 0 N–H and O–H groups in total. The van der Waals surface area contributed by atoms with Crippen LogP contribution >= 0.6 is 0 Å². The van der Waals surface area contributed by atoms with E-state index < -0.39 is 0 Å². The van der Waals surface area contributed by atoms with Gasteiger partial charge >= 0.3 is 0 Å². The molecule has 1 aliphatic heterocycles. The van der Waals surface area contributed by atoms with Crippen LogP contribution in [0.15, 0.2) is 47.3 Å². The van der Waals surface area contributed by atoms with Gasteiger partial charge in [-0.25, -0.2) is 0 Å². The van der Waals surface area contributed by atoms with Crippen LogP contribution in [0.1, 0.15) is 24.2 Å². The minimum atomic E-state index is 0.162. The normalized spacial score (nSPS) is 27.9. The molecule has 2 aliphatic rings. The standard InChI is InChI=1S/C18H22N2O3/c1-3-14(11-19-7-1)13-23-17-6-5-16-18(17)22-10-8-20(16)12-15-4-2-9-21-15/h1-4,7,9,11,16-18H,5-6,8,10,12-13H2/t16-,17-,18-/m1/s1. The predicted molar refractivity (Wildman–Crippen MR) is 84.7 cm³/mol. The third-order valence-electron chi connectivity index (χ3n) is 4.78. The van der Waals surface area contributed by atoms with Crippen LogP contribution in [-0.4, -0.2) is 41.3 Å². The van der Waals surface area contributed by atoms with Crippen LogP contribution in [0.4, 0.5) is 0 Å². The average Bonchev–Trinajstić information content (AvgIpc) is 3.24. The summed E-state index contributed by atoms with van der Waals surface area (Å²) in [6, 6.07) is 8.40. The molecular weight excluding hydrogens is 292 g/mol. The monoisotopic (exact) mass is 314 g/mol. The van der Waals surface area contributed by atoms with Crippen molar-refractivity contribution in [3.8, 4) is 0 Å². The zero-order chi connectivity index (χ0) is 15.5. The molecule has 1 saturated carbocycles. The Morgan fingerprint density at radius 2 is 2.26 bits per heavy atom. The fourth-order valence-corrected chi connectivity index (χ4v) is 3.66. The summed E-state index contributed by atoms with van der Waals surface area (Å²) in [5.41, 5.74) is 1.11. The molecule has 5 nitrogen and oxygen atoms in total. The maximum absolute atomic E-state index is 6.13. The van der Waals surface area contributed by atoms with Crippen molar-refractivity contribution < 1.29 is 13.9 Å².